The second-order valence-corrected chi connectivity index (χ2v) is 5.41. The summed E-state index contributed by atoms with van der Waals surface area (Å²) in [6.07, 6.45) is 0. The molecule has 1 aromatic carbocycles. The van der Waals surface area contributed by atoms with Gasteiger partial charge in [-0.3, -0.25) is 14.9 Å². The molecule has 5 nitrogen and oxygen atoms in total. The van der Waals surface area contributed by atoms with Crippen LogP contribution in [0.25, 0.3) is 0 Å². The molecule has 1 heterocycles. The lowest BCUT2D eigenvalue weighted by molar-refractivity contribution is -0.136. The maximum absolute atomic E-state index is 12.5. The van der Waals surface area contributed by atoms with Crippen molar-refractivity contribution in [2.45, 2.75) is 27.7 Å². The normalized spacial score (nSPS) is 19.6. The van der Waals surface area contributed by atoms with Crippen molar-refractivity contribution in [1.29, 1.82) is 0 Å². The lowest BCUT2D eigenvalue weighted by Crippen LogP contribution is -2.59. The third kappa shape index (κ3) is 2.19. The zero-order valence-corrected chi connectivity index (χ0v) is 12.1. The van der Waals surface area contributed by atoms with Gasteiger partial charge < -0.3 is 0 Å². The Morgan fingerprint density at radius 2 is 1.80 bits per heavy atom. The second kappa shape index (κ2) is 5.07. The summed E-state index contributed by atoms with van der Waals surface area (Å²) < 4.78 is 0. The number of urea groups is 1. The van der Waals surface area contributed by atoms with E-state index in [-0.39, 0.29) is 5.92 Å². The molecule has 0 aliphatic carbocycles. The van der Waals surface area contributed by atoms with Crippen LogP contribution >= 0.6 is 0 Å². The first-order chi connectivity index (χ1) is 9.34. The molecule has 1 aliphatic heterocycles. The highest BCUT2D eigenvalue weighted by Crippen LogP contribution is 2.28. The number of barbiturate groups is 1. The predicted octanol–water partition coefficient (Wildman–Crippen LogP) is 2.16. The van der Waals surface area contributed by atoms with Crippen molar-refractivity contribution >= 4 is 23.5 Å². The first-order valence-corrected chi connectivity index (χ1v) is 6.59. The van der Waals surface area contributed by atoms with E-state index in [0.29, 0.717) is 5.69 Å². The predicted molar refractivity (Wildman–Crippen MR) is 75.3 cm³/mol. The fraction of sp³-hybridized carbons (Fsp3) is 0.400. The average molecular weight is 274 g/mol. The monoisotopic (exact) mass is 274 g/mol. The van der Waals surface area contributed by atoms with E-state index in [1.807, 2.05) is 19.9 Å². The van der Waals surface area contributed by atoms with Crippen molar-refractivity contribution in [2.75, 3.05) is 4.90 Å². The van der Waals surface area contributed by atoms with Crippen LogP contribution < -0.4 is 10.2 Å². The molecule has 0 saturated carbocycles. The third-order valence-corrected chi connectivity index (χ3v) is 3.69. The SMILES string of the molecule is Cc1cccc(N2C(=O)NC(=O)C(C(C)C)C2=O)c1C. The Balaban J connectivity index is 2.49. The summed E-state index contributed by atoms with van der Waals surface area (Å²) in [4.78, 5) is 37.4. The molecule has 4 amide bonds. The minimum atomic E-state index is -0.826. The molecule has 1 atom stereocenters. The van der Waals surface area contributed by atoms with E-state index < -0.39 is 23.8 Å². The molecule has 0 spiro atoms. The first kappa shape index (κ1) is 14.2. The lowest BCUT2D eigenvalue weighted by atomic mass is 9.91. The molecule has 0 bridgehead atoms. The van der Waals surface area contributed by atoms with E-state index in [2.05, 4.69) is 5.32 Å². The van der Waals surface area contributed by atoms with E-state index in [0.717, 1.165) is 16.0 Å². The summed E-state index contributed by atoms with van der Waals surface area (Å²) in [6.45, 7) is 7.35. The van der Waals surface area contributed by atoms with Crippen LogP contribution in [0.1, 0.15) is 25.0 Å². The topological polar surface area (TPSA) is 66.5 Å². The highest BCUT2D eigenvalue weighted by Gasteiger charge is 2.43. The van der Waals surface area contributed by atoms with E-state index in [1.54, 1.807) is 26.0 Å². The van der Waals surface area contributed by atoms with Gasteiger partial charge >= 0.3 is 6.03 Å². The number of aryl methyl sites for hydroxylation is 1. The third-order valence-electron chi connectivity index (χ3n) is 3.69. The summed E-state index contributed by atoms with van der Waals surface area (Å²) in [7, 11) is 0. The first-order valence-electron chi connectivity index (χ1n) is 6.59. The van der Waals surface area contributed by atoms with Crippen molar-refractivity contribution in [3.63, 3.8) is 0 Å². The number of carbonyl (C=O) groups excluding carboxylic acids is 3. The number of benzene rings is 1. The van der Waals surface area contributed by atoms with Gasteiger partial charge in [0.25, 0.3) is 0 Å². The quantitative estimate of drug-likeness (QED) is 0.840. The highest BCUT2D eigenvalue weighted by molar-refractivity contribution is 6.28. The summed E-state index contributed by atoms with van der Waals surface area (Å²) in [5, 5.41) is 2.26. The maximum atomic E-state index is 12.5. The van der Waals surface area contributed by atoms with Gasteiger partial charge in [0.1, 0.15) is 5.92 Å². The van der Waals surface area contributed by atoms with Crippen LogP contribution in [0.15, 0.2) is 18.2 Å². The largest absolute Gasteiger partial charge is 0.335 e. The van der Waals surface area contributed by atoms with E-state index in [4.69, 9.17) is 0 Å². The Kier molecular flexibility index (Phi) is 3.61. The van der Waals surface area contributed by atoms with Crippen LogP contribution in [-0.4, -0.2) is 17.8 Å². The van der Waals surface area contributed by atoms with Gasteiger partial charge in [0.2, 0.25) is 11.8 Å². The van der Waals surface area contributed by atoms with Gasteiger partial charge in [0, 0.05) is 0 Å². The van der Waals surface area contributed by atoms with Crippen LogP contribution in [-0.2, 0) is 9.59 Å². The minimum absolute atomic E-state index is 0.164. The van der Waals surface area contributed by atoms with Crippen LogP contribution in [0.3, 0.4) is 0 Å². The Labute approximate surface area is 118 Å². The van der Waals surface area contributed by atoms with Gasteiger partial charge in [-0.25, -0.2) is 9.69 Å². The second-order valence-electron chi connectivity index (χ2n) is 5.41. The molecule has 106 valence electrons. The molecule has 2 rings (SSSR count). The van der Waals surface area contributed by atoms with Gasteiger partial charge in [0.05, 0.1) is 5.69 Å². The standard InChI is InChI=1S/C15H18N2O3/c1-8(2)12-13(18)16-15(20)17(14(12)19)11-7-5-6-9(3)10(11)4/h5-8,12H,1-4H3,(H,16,18,20). The Morgan fingerprint density at radius 1 is 1.15 bits per heavy atom. The zero-order valence-electron chi connectivity index (χ0n) is 12.1. The Hall–Kier alpha value is -2.17. The number of amides is 4. The van der Waals surface area contributed by atoms with Crippen molar-refractivity contribution < 1.29 is 14.4 Å². The smallest absolute Gasteiger partial charge is 0.277 e. The molecule has 1 fully saturated rings. The highest BCUT2D eigenvalue weighted by atomic mass is 16.2. The molecule has 1 saturated heterocycles. The molecule has 0 aromatic heterocycles. The van der Waals surface area contributed by atoms with Gasteiger partial charge in [-0.05, 0) is 37.0 Å². The molecular weight excluding hydrogens is 256 g/mol. The van der Waals surface area contributed by atoms with Crippen molar-refractivity contribution in [3.05, 3.63) is 29.3 Å². The van der Waals surface area contributed by atoms with Crippen molar-refractivity contribution in [2.24, 2.45) is 11.8 Å². The van der Waals surface area contributed by atoms with Gasteiger partial charge in [-0.15, -0.1) is 0 Å². The summed E-state index contributed by atoms with van der Waals surface area (Å²) in [6, 6.07) is 4.74. The zero-order chi connectivity index (χ0) is 15.0. The average Bonchev–Trinajstić information content (AvgIpc) is 2.33. The van der Waals surface area contributed by atoms with E-state index >= 15 is 0 Å². The molecule has 20 heavy (non-hydrogen) atoms. The molecule has 1 aromatic rings. The van der Waals surface area contributed by atoms with Gasteiger partial charge in [0.15, 0.2) is 0 Å². The molecule has 0 radical (unpaired) electrons. The van der Waals surface area contributed by atoms with Crippen molar-refractivity contribution in [3.8, 4) is 0 Å². The van der Waals surface area contributed by atoms with E-state index in [9.17, 15) is 14.4 Å². The summed E-state index contributed by atoms with van der Waals surface area (Å²) in [5.74, 6) is -1.96. The van der Waals surface area contributed by atoms with Crippen LogP contribution in [0.4, 0.5) is 10.5 Å². The molecule has 1 unspecified atom stereocenters. The Bertz CT molecular complexity index is 593. The maximum Gasteiger partial charge on any atom is 0.335 e. The number of anilines is 1. The fourth-order valence-corrected chi connectivity index (χ4v) is 2.38. The number of carbonyl (C=O) groups is 3. The van der Waals surface area contributed by atoms with Crippen LogP contribution in [0.2, 0.25) is 0 Å². The minimum Gasteiger partial charge on any atom is -0.277 e. The van der Waals surface area contributed by atoms with Crippen LogP contribution in [0.5, 0.6) is 0 Å². The van der Waals surface area contributed by atoms with Gasteiger partial charge in [-0.2, -0.15) is 0 Å². The number of hydrogen-bond acceptors (Lipinski definition) is 3. The summed E-state index contributed by atoms with van der Waals surface area (Å²) >= 11 is 0. The number of hydrogen-bond donors (Lipinski definition) is 1. The molecule has 5 heteroatoms. The molecule has 1 N–H and O–H groups in total. The van der Waals surface area contributed by atoms with Crippen molar-refractivity contribution in [1.82, 2.24) is 5.32 Å². The molecular formula is C15H18N2O3. The summed E-state index contributed by atoms with van der Waals surface area (Å²) in [5.41, 5.74) is 2.37. The number of nitrogens with one attached hydrogen (secondary N) is 1. The Morgan fingerprint density at radius 3 is 2.40 bits per heavy atom. The number of rotatable bonds is 2. The fourth-order valence-electron chi connectivity index (χ4n) is 2.38. The van der Waals surface area contributed by atoms with Gasteiger partial charge in [-0.1, -0.05) is 26.0 Å². The van der Waals surface area contributed by atoms with E-state index in [1.165, 1.54) is 0 Å². The number of imide groups is 2. The number of nitrogens with zero attached hydrogens (tertiary/aromatic N) is 1. The van der Waals surface area contributed by atoms with Crippen LogP contribution in [0, 0.1) is 25.7 Å². The molecule has 1 aliphatic rings. The lowest BCUT2D eigenvalue weighted by Gasteiger charge is -2.32.